The van der Waals surface area contributed by atoms with Gasteiger partial charge in [0.2, 0.25) is 4.58 Å². The van der Waals surface area contributed by atoms with Gasteiger partial charge in [0, 0.05) is 0 Å². The number of hydrogen-bond donors (Lipinski definition) is 0. The van der Waals surface area contributed by atoms with Crippen molar-refractivity contribution in [3.05, 3.63) is 0 Å². The van der Waals surface area contributed by atoms with E-state index in [1.165, 1.54) is 0 Å². The van der Waals surface area contributed by atoms with Gasteiger partial charge in [0.15, 0.2) is 0 Å². The Hall–Kier alpha value is 1.57. The molecule has 0 saturated heterocycles. The van der Waals surface area contributed by atoms with Crippen LogP contribution in [0.2, 0.25) is 0 Å². The van der Waals surface area contributed by atoms with Crippen molar-refractivity contribution >= 4 is 42.1 Å². The van der Waals surface area contributed by atoms with Gasteiger partial charge < -0.3 is 0 Å². The van der Waals surface area contributed by atoms with Gasteiger partial charge in [-0.3, -0.25) is 0 Å². The van der Waals surface area contributed by atoms with Gasteiger partial charge in [-0.2, -0.15) is 0 Å². The molecule has 0 rings (SSSR count). The highest BCUT2D eigenvalue weighted by molar-refractivity contribution is 14.2. The highest BCUT2D eigenvalue weighted by Gasteiger charge is 1.81. The van der Waals surface area contributed by atoms with Crippen LogP contribution in [0.3, 0.4) is 0 Å². The van der Waals surface area contributed by atoms with E-state index in [1.54, 1.807) is 22.0 Å². The van der Waals surface area contributed by atoms with Crippen molar-refractivity contribution in [2.75, 3.05) is 0 Å². The molecule has 0 bridgehead atoms. The van der Waals surface area contributed by atoms with Crippen LogP contribution >= 0.6 is 42.1 Å². The molecule has 1 unspecified atom stereocenters. The van der Waals surface area contributed by atoms with Crippen molar-refractivity contribution in [1.29, 1.82) is 0 Å². The van der Waals surface area contributed by atoms with Gasteiger partial charge in [-0.1, -0.05) is 0 Å². The third-order valence-corrected chi connectivity index (χ3v) is 0. The van der Waals surface area contributed by atoms with E-state index in [4.69, 9.17) is 0 Å². The third kappa shape index (κ3) is 9.57. The van der Waals surface area contributed by atoms with E-state index >= 15 is 0 Å². The van der Waals surface area contributed by atoms with Crippen LogP contribution in [-0.4, -0.2) is 0 Å². The normalized spacial score (nSPS) is 15.8. The fraction of sp³-hybridized carbons (Fsp3) is 0. The summed E-state index contributed by atoms with van der Waals surface area (Å²) in [5, 5.41) is 0. The van der Waals surface area contributed by atoms with Crippen LogP contribution in [0.4, 0.5) is 4.20 Å². The van der Waals surface area contributed by atoms with Gasteiger partial charge in [-0.05, 0) is 37.5 Å². The van der Waals surface area contributed by atoms with E-state index in [0.717, 1.165) is 0 Å². The molecule has 1 atom stereocenters. The molecule has 0 fully saturated rings. The molecule has 0 heterocycles. The summed E-state index contributed by atoms with van der Waals surface area (Å²) < 4.78 is 9.63. The SMILES string of the molecule is FP(Br)I. The van der Waals surface area contributed by atoms with Crippen molar-refractivity contribution in [3.8, 4) is 0 Å². The summed E-state index contributed by atoms with van der Waals surface area (Å²) in [6.07, 6.45) is 0. The minimum Gasteiger partial charge on any atom is -0.203 e. The predicted molar refractivity (Wildman–Crippen MR) is 31.0 cm³/mol. The second-order valence-corrected chi connectivity index (χ2v) is 8.96. The summed E-state index contributed by atoms with van der Waals surface area (Å²) in [7, 11) is 0. The average molecular weight is 257 g/mol. The van der Waals surface area contributed by atoms with Gasteiger partial charge in [-0.25, -0.2) is 4.20 Å². The molecular weight excluding hydrogens is 257 g/mol. The van der Waals surface area contributed by atoms with Crippen molar-refractivity contribution < 1.29 is 4.20 Å². The van der Waals surface area contributed by atoms with Crippen LogP contribution in [0.1, 0.15) is 0 Å². The minimum absolute atomic E-state index is 1.34. The molecule has 0 saturated carbocycles. The maximum Gasteiger partial charge on any atom is 0.214 e. The zero-order valence-corrected chi connectivity index (χ0v) is 6.22. The Bertz CT molecular complexity index is 12.8. The lowest BCUT2D eigenvalue weighted by atomic mass is 18.9. The monoisotopic (exact) mass is 256 g/mol. The molecule has 0 nitrogen and oxygen atoms in total. The van der Waals surface area contributed by atoms with Crippen LogP contribution in [0.25, 0.3) is 0 Å². The van der Waals surface area contributed by atoms with E-state index in [-0.39, 0.29) is 0 Å². The Morgan fingerprint density at radius 2 is 2.00 bits per heavy atom. The molecule has 4 heavy (non-hydrogen) atoms. The molecule has 0 aromatic carbocycles. The first-order chi connectivity index (χ1) is 1.73. The van der Waals surface area contributed by atoms with Crippen LogP contribution in [0.15, 0.2) is 0 Å². The van der Waals surface area contributed by atoms with Gasteiger partial charge in [0.05, 0.1) is 0 Å². The van der Waals surface area contributed by atoms with E-state index in [0.29, 0.717) is 0 Å². The van der Waals surface area contributed by atoms with E-state index in [2.05, 4.69) is 15.5 Å². The third-order valence-electron chi connectivity index (χ3n) is 0. The molecule has 0 aliphatic carbocycles. The highest BCUT2D eigenvalue weighted by Crippen LogP contribution is 2.53. The molecule has 0 N–H and O–H groups in total. The smallest absolute Gasteiger partial charge is 0.203 e. The molecule has 0 aliphatic rings. The fourth-order valence-electron chi connectivity index (χ4n) is 0. The largest absolute Gasteiger partial charge is 0.214 e. The van der Waals surface area contributed by atoms with Crippen LogP contribution in [-0.2, 0) is 0 Å². The molecular formula is BrFIP. The Balaban J connectivity index is 2.32. The van der Waals surface area contributed by atoms with Crippen LogP contribution in [0.5, 0.6) is 0 Å². The molecule has 0 spiro atoms. The second-order valence-electron chi connectivity index (χ2n) is 0.192. The number of halogens is 3. The van der Waals surface area contributed by atoms with Gasteiger partial charge in [0.1, 0.15) is 0 Å². The summed E-state index contributed by atoms with van der Waals surface area (Å²) in [4.78, 5) is 0. The lowest BCUT2D eigenvalue weighted by molar-refractivity contribution is 0.935. The van der Waals surface area contributed by atoms with Crippen molar-refractivity contribution in [3.63, 3.8) is 0 Å². The fourth-order valence-corrected chi connectivity index (χ4v) is 0. The lowest BCUT2D eigenvalue weighted by Gasteiger charge is -1.67. The first-order valence-electron chi connectivity index (χ1n) is 0.507. The van der Waals surface area contributed by atoms with Gasteiger partial charge in [0.25, 0.3) is 0 Å². The standard InChI is InChI=1S/BrFIP/c1-4(2)3. The van der Waals surface area contributed by atoms with Crippen LogP contribution in [0, 0.1) is 0 Å². The molecule has 0 amide bonds. The maximum absolute atomic E-state index is 11.0. The number of rotatable bonds is 0. The van der Waals surface area contributed by atoms with Crippen LogP contribution < -0.4 is 0 Å². The summed E-state index contributed by atoms with van der Waals surface area (Å²) in [6, 6.07) is 0. The number of hydrogen-bond acceptors (Lipinski definition) is 0. The maximum atomic E-state index is 11.0. The Morgan fingerprint density at radius 3 is 2.00 bits per heavy atom. The van der Waals surface area contributed by atoms with Crippen molar-refractivity contribution in [2.45, 2.75) is 0 Å². The van der Waals surface area contributed by atoms with Gasteiger partial charge >= 0.3 is 0 Å². The Morgan fingerprint density at radius 1 is 2.00 bits per heavy atom. The van der Waals surface area contributed by atoms with Crippen molar-refractivity contribution in [1.82, 2.24) is 0 Å². The van der Waals surface area contributed by atoms with E-state index in [9.17, 15) is 4.20 Å². The van der Waals surface area contributed by atoms with E-state index in [1.807, 2.05) is 0 Å². The molecule has 0 aromatic heterocycles. The first-order valence-corrected chi connectivity index (χ1v) is 6.54. The summed E-state index contributed by atoms with van der Waals surface area (Å²) in [5.41, 5.74) is 0. The molecule has 26 valence electrons. The average Bonchev–Trinajstić information content (AvgIpc) is 0.811. The van der Waals surface area contributed by atoms with E-state index < -0.39 is 4.58 Å². The summed E-state index contributed by atoms with van der Waals surface area (Å²) >= 11 is 4.31. The molecule has 4 heteroatoms. The summed E-state index contributed by atoms with van der Waals surface area (Å²) in [5.74, 6) is 0. The molecule has 0 aromatic rings. The highest BCUT2D eigenvalue weighted by atomic mass is 127. The quantitative estimate of drug-likeness (QED) is 0.462. The van der Waals surface area contributed by atoms with Gasteiger partial charge in [-0.15, -0.1) is 0 Å². The second kappa shape index (κ2) is 2.79. The summed E-state index contributed by atoms with van der Waals surface area (Å²) in [6.45, 7) is 0. The zero-order chi connectivity index (χ0) is 3.58. The first kappa shape index (κ1) is 5.57. The molecule has 0 radical (unpaired) electrons. The molecule has 0 aliphatic heterocycles. The Labute approximate surface area is 46.2 Å². The topological polar surface area (TPSA) is 0 Å². The minimum atomic E-state index is -1.34. The van der Waals surface area contributed by atoms with Crippen molar-refractivity contribution in [2.24, 2.45) is 0 Å². The Kier molecular flexibility index (Phi) is 3.88. The lowest BCUT2D eigenvalue weighted by Crippen LogP contribution is -0.958. The zero-order valence-electron chi connectivity index (χ0n) is 1.58. The predicted octanol–water partition coefficient (Wildman–Crippen LogP) is 3.01.